The lowest BCUT2D eigenvalue weighted by atomic mass is 9.69. The lowest BCUT2D eigenvalue weighted by Crippen LogP contribution is -2.44. The lowest BCUT2D eigenvalue weighted by Gasteiger charge is -2.41. The summed E-state index contributed by atoms with van der Waals surface area (Å²) in [5.74, 6) is 1.68. The normalized spacial score (nSPS) is 30.8. The molecule has 1 saturated heterocycles. The standard InChI is InChI=1S/C10H21N/c1-8(2)9-7-11-6-5-10(9,3)4/h8-9,11H,5-7H2,1-4H3/t9-/m1/s1. The largest absolute Gasteiger partial charge is 0.316 e. The van der Waals surface area contributed by atoms with Gasteiger partial charge in [-0.3, -0.25) is 0 Å². The highest BCUT2D eigenvalue weighted by molar-refractivity contribution is 4.86. The zero-order chi connectivity index (χ0) is 8.48. The van der Waals surface area contributed by atoms with Crippen LogP contribution in [0, 0.1) is 17.3 Å². The van der Waals surface area contributed by atoms with Crippen LogP contribution in [0.3, 0.4) is 0 Å². The molecule has 1 fully saturated rings. The van der Waals surface area contributed by atoms with Crippen molar-refractivity contribution in [2.24, 2.45) is 17.3 Å². The van der Waals surface area contributed by atoms with Crippen LogP contribution in [0.2, 0.25) is 0 Å². The number of nitrogens with one attached hydrogen (secondary N) is 1. The van der Waals surface area contributed by atoms with Crippen LogP contribution in [0.25, 0.3) is 0 Å². The van der Waals surface area contributed by atoms with E-state index in [1.54, 1.807) is 0 Å². The molecule has 1 nitrogen and oxygen atoms in total. The molecule has 0 bridgehead atoms. The summed E-state index contributed by atoms with van der Waals surface area (Å²) in [6.45, 7) is 11.9. The number of rotatable bonds is 1. The monoisotopic (exact) mass is 155 g/mol. The third-order valence-corrected chi connectivity index (χ3v) is 3.12. The quantitative estimate of drug-likeness (QED) is 0.612. The van der Waals surface area contributed by atoms with Crippen LogP contribution in [0.15, 0.2) is 0 Å². The molecule has 0 aromatic rings. The third-order valence-electron chi connectivity index (χ3n) is 3.12. The Labute approximate surface area is 70.6 Å². The van der Waals surface area contributed by atoms with Gasteiger partial charge in [-0.1, -0.05) is 27.7 Å². The zero-order valence-electron chi connectivity index (χ0n) is 8.28. The first-order valence-electron chi connectivity index (χ1n) is 4.75. The average molecular weight is 155 g/mol. The fourth-order valence-corrected chi connectivity index (χ4v) is 2.27. The molecule has 0 aromatic heterocycles. The Kier molecular flexibility index (Phi) is 2.58. The Morgan fingerprint density at radius 3 is 2.36 bits per heavy atom. The van der Waals surface area contributed by atoms with Crippen LogP contribution >= 0.6 is 0 Å². The van der Waals surface area contributed by atoms with E-state index in [4.69, 9.17) is 0 Å². The predicted molar refractivity (Wildman–Crippen MR) is 49.6 cm³/mol. The smallest absolute Gasteiger partial charge is 0.00130 e. The first kappa shape index (κ1) is 9.05. The summed E-state index contributed by atoms with van der Waals surface area (Å²) < 4.78 is 0. The molecule has 0 unspecified atom stereocenters. The summed E-state index contributed by atoms with van der Waals surface area (Å²) in [6, 6.07) is 0. The van der Waals surface area contributed by atoms with E-state index in [1.165, 1.54) is 19.5 Å². The molecule has 1 atom stereocenters. The summed E-state index contributed by atoms with van der Waals surface area (Å²) in [5, 5.41) is 3.47. The summed E-state index contributed by atoms with van der Waals surface area (Å²) >= 11 is 0. The van der Waals surface area contributed by atoms with Crippen LogP contribution < -0.4 is 5.32 Å². The van der Waals surface area contributed by atoms with Crippen molar-refractivity contribution >= 4 is 0 Å². The van der Waals surface area contributed by atoms with Crippen molar-refractivity contribution in [3.8, 4) is 0 Å². The van der Waals surface area contributed by atoms with Gasteiger partial charge in [0.2, 0.25) is 0 Å². The topological polar surface area (TPSA) is 12.0 Å². The molecule has 66 valence electrons. The maximum atomic E-state index is 3.47. The SMILES string of the molecule is CC(C)[C@H]1CNCCC1(C)C. The first-order valence-corrected chi connectivity index (χ1v) is 4.75. The third kappa shape index (κ3) is 1.96. The van der Waals surface area contributed by atoms with E-state index in [2.05, 4.69) is 33.0 Å². The van der Waals surface area contributed by atoms with Crippen molar-refractivity contribution < 1.29 is 0 Å². The minimum atomic E-state index is 0.555. The molecule has 0 amide bonds. The minimum Gasteiger partial charge on any atom is -0.316 e. The Morgan fingerprint density at radius 1 is 1.36 bits per heavy atom. The molecule has 0 radical (unpaired) electrons. The van der Waals surface area contributed by atoms with Crippen molar-refractivity contribution in [3.63, 3.8) is 0 Å². The van der Waals surface area contributed by atoms with Gasteiger partial charge in [0.25, 0.3) is 0 Å². The Balaban J connectivity index is 2.60. The van der Waals surface area contributed by atoms with E-state index in [0.29, 0.717) is 5.41 Å². The minimum absolute atomic E-state index is 0.555. The van der Waals surface area contributed by atoms with Crippen LogP contribution in [0.1, 0.15) is 34.1 Å². The molecule has 0 saturated carbocycles. The van der Waals surface area contributed by atoms with E-state index in [1.807, 2.05) is 0 Å². The Bertz CT molecular complexity index is 127. The second-order valence-corrected chi connectivity index (χ2v) is 4.79. The van der Waals surface area contributed by atoms with E-state index in [9.17, 15) is 0 Å². The van der Waals surface area contributed by atoms with Gasteiger partial charge in [0.1, 0.15) is 0 Å². The molecule has 1 N–H and O–H groups in total. The van der Waals surface area contributed by atoms with Crippen LogP contribution in [-0.4, -0.2) is 13.1 Å². The average Bonchev–Trinajstić information content (AvgIpc) is 1.85. The molecule has 1 rings (SSSR count). The fraction of sp³-hybridized carbons (Fsp3) is 1.00. The zero-order valence-corrected chi connectivity index (χ0v) is 8.28. The van der Waals surface area contributed by atoms with Gasteiger partial charge in [0.15, 0.2) is 0 Å². The summed E-state index contributed by atoms with van der Waals surface area (Å²) in [7, 11) is 0. The molecular formula is C10H21N. The number of hydrogen-bond donors (Lipinski definition) is 1. The highest BCUT2D eigenvalue weighted by Gasteiger charge is 2.33. The number of hydrogen-bond acceptors (Lipinski definition) is 1. The molecule has 0 aromatic carbocycles. The van der Waals surface area contributed by atoms with Crippen molar-refractivity contribution in [2.45, 2.75) is 34.1 Å². The highest BCUT2D eigenvalue weighted by Crippen LogP contribution is 2.36. The van der Waals surface area contributed by atoms with Gasteiger partial charge in [0, 0.05) is 0 Å². The van der Waals surface area contributed by atoms with Gasteiger partial charge in [0.05, 0.1) is 0 Å². The second-order valence-electron chi connectivity index (χ2n) is 4.79. The first-order chi connectivity index (χ1) is 5.04. The van der Waals surface area contributed by atoms with E-state index in [-0.39, 0.29) is 0 Å². The van der Waals surface area contributed by atoms with Crippen LogP contribution in [0.5, 0.6) is 0 Å². The molecule has 1 heteroatoms. The van der Waals surface area contributed by atoms with Crippen molar-refractivity contribution in [2.75, 3.05) is 13.1 Å². The summed E-state index contributed by atoms with van der Waals surface area (Å²) in [6.07, 6.45) is 1.33. The van der Waals surface area contributed by atoms with Gasteiger partial charge in [-0.25, -0.2) is 0 Å². The van der Waals surface area contributed by atoms with Gasteiger partial charge >= 0.3 is 0 Å². The maximum absolute atomic E-state index is 3.47. The fourth-order valence-electron chi connectivity index (χ4n) is 2.27. The summed E-state index contributed by atoms with van der Waals surface area (Å²) in [4.78, 5) is 0. The predicted octanol–water partition coefficient (Wildman–Crippen LogP) is 2.28. The van der Waals surface area contributed by atoms with E-state index < -0.39 is 0 Å². The molecule has 0 aliphatic carbocycles. The van der Waals surface area contributed by atoms with E-state index >= 15 is 0 Å². The molecular weight excluding hydrogens is 134 g/mol. The Morgan fingerprint density at radius 2 is 2.00 bits per heavy atom. The van der Waals surface area contributed by atoms with Crippen LogP contribution in [-0.2, 0) is 0 Å². The summed E-state index contributed by atoms with van der Waals surface area (Å²) in [5.41, 5.74) is 0.555. The van der Waals surface area contributed by atoms with E-state index in [0.717, 1.165) is 11.8 Å². The molecule has 1 heterocycles. The lowest BCUT2D eigenvalue weighted by molar-refractivity contribution is 0.110. The molecule has 1 aliphatic rings. The Hall–Kier alpha value is -0.0400. The molecule has 11 heavy (non-hydrogen) atoms. The van der Waals surface area contributed by atoms with Crippen LogP contribution in [0.4, 0.5) is 0 Å². The van der Waals surface area contributed by atoms with Gasteiger partial charge in [-0.15, -0.1) is 0 Å². The second kappa shape index (κ2) is 3.14. The molecule has 1 aliphatic heterocycles. The number of piperidine rings is 1. The van der Waals surface area contributed by atoms with Gasteiger partial charge in [-0.2, -0.15) is 0 Å². The van der Waals surface area contributed by atoms with Crippen molar-refractivity contribution in [1.82, 2.24) is 5.32 Å². The molecule has 0 spiro atoms. The maximum Gasteiger partial charge on any atom is -0.00130 e. The van der Waals surface area contributed by atoms with Crippen molar-refractivity contribution in [1.29, 1.82) is 0 Å². The van der Waals surface area contributed by atoms with Gasteiger partial charge < -0.3 is 5.32 Å². The highest BCUT2D eigenvalue weighted by atomic mass is 14.9. The van der Waals surface area contributed by atoms with Crippen molar-refractivity contribution in [3.05, 3.63) is 0 Å². The van der Waals surface area contributed by atoms with Gasteiger partial charge in [-0.05, 0) is 36.8 Å².